The lowest BCUT2D eigenvalue weighted by atomic mass is 10.2. The first kappa shape index (κ1) is 17.4. The molecule has 0 saturated carbocycles. The van der Waals surface area contributed by atoms with E-state index in [4.69, 9.17) is 0 Å². The van der Waals surface area contributed by atoms with Crippen LogP contribution in [0.5, 0.6) is 0 Å². The summed E-state index contributed by atoms with van der Waals surface area (Å²) in [7, 11) is -3.53. The van der Waals surface area contributed by atoms with Gasteiger partial charge in [-0.3, -0.25) is 4.57 Å². The number of hydrogen-bond acceptors (Lipinski definition) is 4. The van der Waals surface area contributed by atoms with Crippen LogP contribution in [0.25, 0.3) is 0 Å². The number of aryl methyl sites for hydroxylation is 2. The van der Waals surface area contributed by atoms with Crippen molar-refractivity contribution in [3.63, 3.8) is 0 Å². The van der Waals surface area contributed by atoms with Gasteiger partial charge in [-0.25, -0.2) is 22.6 Å². The molecule has 0 amide bonds. The molecule has 2 aromatic rings. The molecule has 0 radical (unpaired) electrons. The number of sulfonamides is 1. The van der Waals surface area contributed by atoms with Crippen molar-refractivity contribution in [3.05, 3.63) is 45.0 Å². The van der Waals surface area contributed by atoms with E-state index < -0.39 is 10.0 Å². The second kappa shape index (κ2) is 7.20. The van der Waals surface area contributed by atoms with E-state index in [-0.39, 0.29) is 17.1 Å². The molecule has 0 saturated heterocycles. The van der Waals surface area contributed by atoms with Gasteiger partial charge in [0.05, 0.1) is 4.90 Å². The molecule has 24 heavy (non-hydrogen) atoms. The van der Waals surface area contributed by atoms with Gasteiger partial charge < -0.3 is 0 Å². The first-order valence-corrected chi connectivity index (χ1v) is 10.2. The highest BCUT2D eigenvalue weighted by atomic mass is 79.9. The van der Waals surface area contributed by atoms with Crippen molar-refractivity contribution in [1.29, 1.82) is 0 Å². The smallest absolute Gasteiger partial charge is 0.279 e. The zero-order chi connectivity index (χ0) is 17.2. The zero-order valence-corrected chi connectivity index (χ0v) is 15.5. The third-order valence-corrected chi connectivity index (χ3v) is 6.00. The minimum absolute atomic E-state index is 0.0968. The molecule has 0 atom stereocenters. The molecular formula is C15H19BrN4O3S. The Balaban J connectivity index is 1.56. The SMILES string of the molecule is O=c1n(CCCNS(=O)(=O)c2ccc(Br)cc2)nc2n1CCCC2. The van der Waals surface area contributed by atoms with Crippen LogP contribution in [0.2, 0.25) is 0 Å². The molecule has 3 rings (SSSR count). The van der Waals surface area contributed by atoms with Gasteiger partial charge in [0.1, 0.15) is 5.82 Å². The van der Waals surface area contributed by atoms with Crippen LogP contribution < -0.4 is 10.4 Å². The summed E-state index contributed by atoms with van der Waals surface area (Å²) in [6, 6.07) is 6.45. The highest BCUT2D eigenvalue weighted by Crippen LogP contribution is 2.14. The van der Waals surface area contributed by atoms with Gasteiger partial charge >= 0.3 is 5.69 Å². The van der Waals surface area contributed by atoms with E-state index in [1.54, 1.807) is 28.8 Å². The molecule has 1 aliphatic rings. The molecule has 7 nitrogen and oxygen atoms in total. The minimum atomic E-state index is -3.53. The standard InChI is InChI=1S/C15H19BrN4O3S/c16-12-5-7-13(8-6-12)24(22,23)17-9-3-11-20-15(21)19-10-2-1-4-14(19)18-20/h5-8,17H,1-4,9-11H2. The summed E-state index contributed by atoms with van der Waals surface area (Å²) in [4.78, 5) is 12.4. The monoisotopic (exact) mass is 414 g/mol. The van der Waals surface area contributed by atoms with Crippen LogP contribution >= 0.6 is 15.9 Å². The van der Waals surface area contributed by atoms with Crippen LogP contribution in [0.4, 0.5) is 0 Å². The van der Waals surface area contributed by atoms with E-state index in [9.17, 15) is 13.2 Å². The summed E-state index contributed by atoms with van der Waals surface area (Å²) < 4.78 is 30.9. The molecule has 0 spiro atoms. The molecule has 0 fully saturated rings. The van der Waals surface area contributed by atoms with Crippen LogP contribution in [-0.4, -0.2) is 29.3 Å². The number of benzene rings is 1. The van der Waals surface area contributed by atoms with Crippen molar-refractivity contribution in [2.75, 3.05) is 6.54 Å². The van der Waals surface area contributed by atoms with Crippen LogP contribution in [0.15, 0.2) is 38.4 Å². The number of hydrogen-bond donors (Lipinski definition) is 1. The van der Waals surface area contributed by atoms with Crippen molar-refractivity contribution in [2.45, 2.75) is 43.7 Å². The minimum Gasteiger partial charge on any atom is -0.279 e. The summed E-state index contributed by atoms with van der Waals surface area (Å²) in [6.07, 6.45) is 3.40. The highest BCUT2D eigenvalue weighted by molar-refractivity contribution is 9.10. The van der Waals surface area contributed by atoms with Crippen LogP contribution in [0, 0.1) is 0 Å². The molecular weight excluding hydrogens is 396 g/mol. The van der Waals surface area contributed by atoms with Crippen molar-refractivity contribution in [1.82, 2.24) is 19.1 Å². The lowest BCUT2D eigenvalue weighted by Gasteiger charge is -2.09. The Morgan fingerprint density at radius 1 is 1.21 bits per heavy atom. The normalized spacial score (nSPS) is 14.5. The Kier molecular flexibility index (Phi) is 5.21. The molecule has 9 heteroatoms. The van der Waals surface area contributed by atoms with Crippen LogP contribution in [0.1, 0.15) is 25.1 Å². The lowest BCUT2D eigenvalue weighted by Crippen LogP contribution is -2.29. The number of nitrogens with one attached hydrogen (secondary N) is 1. The molecule has 0 unspecified atom stereocenters. The maximum Gasteiger partial charge on any atom is 0.345 e. The number of fused-ring (bicyclic) bond motifs is 1. The molecule has 1 aromatic carbocycles. The highest BCUT2D eigenvalue weighted by Gasteiger charge is 2.17. The van der Waals surface area contributed by atoms with Gasteiger partial charge in [-0.2, -0.15) is 5.10 Å². The fraction of sp³-hybridized carbons (Fsp3) is 0.467. The quantitative estimate of drug-likeness (QED) is 0.725. The second-order valence-corrected chi connectivity index (χ2v) is 8.42. The molecule has 0 bridgehead atoms. The summed E-state index contributed by atoms with van der Waals surface area (Å²) in [5.74, 6) is 0.835. The van der Waals surface area contributed by atoms with Crippen molar-refractivity contribution in [2.24, 2.45) is 0 Å². The predicted octanol–water partition coefficient (Wildman–Crippen LogP) is 1.51. The largest absolute Gasteiger partial charge is 0.345 e. The number of rotatable bonds is 6. The van der Waals surface area contributed by atoms with E-state index in [2.05, 4.69) is 25.8 Å². The van der Waals surface area contributed by atoms with Crippen molar-refractivity contribution < 1.29 is 8.42 Å². The van der Waals surface area contributed by atoms with E-state index in [0.717, 1.165) is 36.1 Å². The first-order chi connectivity index (χ1) is 11.5. The fourth-order valence-corrected chi connectivity index (χ4v) is 4.07. The van der Waals surface area contributed by atoms with Crippen LogP contribution in [0.3, 0.4) is 0 Å². The maximum atomic E-state index is 12.2. The Bertz CT molecular complexity index is 871. The van der Waals surface area contributed by atoms with Gasteiger partial charge in [-0.15, -0.1) is 0 Å². The fourth-order valence-electron chi connectivity index (χ4n) is 2.73. The van der Waals surface area contributed by atoms with Gasteiger partial charge in [0.2, 0.25) is 10.0 Å². The van der Waals surface area contributed by atoms with E-state index in [0.29, 0.717) is 13.0 Å². The van der Waals surface area contributed by atoms with Gasteiger partial charge in [0.25, 0.3) is 0 Å². The van der Waals surface area contributed by atoms with Crippen molar-refractivity contribution in [3.8, 4) is 0 Å². The Morgan fingerprint density at radius 3 is 2.67 bits per heavy atom. The number of nitrogens with zero attached hydrogens (tertiary/aromatic N) is 3. The van der Waals surface area contributed by atoms with Gasteiger partial charge in [0.15, 0.2) is 0 Å². The van der Waals surface area contributed by atoms with Crippen molar-refractivity contribution >= 4 is 26.0 Å². The summed E-state index contributed by atoms with van der Waals surface area (Å²) in [5, 5.41) is 4.34. The average Bonchev–Trinajstić information content (AvgIpc) is 2.89. The third-order valence-electron chi connectivity index (χ3n) is 3.99. The molecule has 1 aliphatic heterocycles. The summed E-state index contributed by atoms with van der Waals surface area (Å²) in [6.45, 7) is 1.39. The topological polar surface area (TPSA) is 86.0 Å². The van der Waals surface area contributed by atoms with E-state index in [1.165, 1.54) is 4.68 Å². The summed E-state index contributed by atoms with van der Waals surface area (Å²) in [5.41, 5.74) is -0.0968. The summed E-state index contributed by atoms with van der Waals surface area (Å²) >= 11 is 3.28. The van der Waals surface area contributed by atoms with Crippen LogP contribution in [-0.2, 0) is 29.5 Å². The zero-order valence-electron chi connectivity index (χ0n) is 13.1. The maximum absolute atomic E-state index is 12.2. The Labute approximate surface area is 148 Å². The Morgan fingerprint density at radius 2 is 1.96 bits per heavy atom. The lowest BCUT2D eigenvalue weighted by molar-refractivity contribution is 0.508. The third kappa shape index (κ3) is 3.79. The van der Waals surface area contributed by atoms with E-state index >= 15 is 0 Å². The first-order valence-electron chi connectivity index (χ1n) is 7.89. The second-order valence-electron chi connectivity index (χ2n) is 5.74. The molecule has 1 aromatic heterocycles. The molecule has 0 aliphatic carbocycles. The van der Waals surface area contributed by atoms with Gasteiger partial charge in [0, 0.05) is 30.5 Å². The average molecular weight is 415 g/mol. The number of halogens is 1. The number of aromatic nitrogens is 3. The van der Waals surface area contributed by atoms with Gasteiger partial charge in [-0.1, -0.05) is 15.9 Å². The Hall–Kier alpha value is -1.45. The predicted molar refractivity (Wildman–Crippen MR) is 93.4 cm³/mol. The van der Waals surface area contributed by atoms with Gasteiger partial charge in [-0.05, 0) is 43.5 Å². The molecule has 1 N–H and O–H groups in total. The molecule has 130 valence electrons. The molecule has 2 heterocycles. The van der Waals surface area contributed by atoms with E-state index in [1.807, 2.05) is 0 Å².